The van der Waals surface area contributed by atoms with Gasteiger partial charge in [-0.05, 0) is 32.6 Å². The first-order valence-electron chi connectivity index (χ1n) is 5.71. The maximum Gasteiger partial charge on any atom is 0.257 e. The van der Waals surface area contributed by atoms with Crippen molar-refractivity contribution >= 4 is 11.7 Å². The average Bonchev–Trinajstić information content (AvgIpc) is 2.42. The summed E-state index contributed by atoms with van der Waals surface area (Å²) >= 11 is 0. The van der Waals surface area contributed by atoms with Crippen LogP contribution in [0, 0.1) is 12.8 Å². The van der Waals surface area contributed by atoms with Crippen LogP contribution < -0.4 is 11.1 Å². The largest absolute Gasteiger partial charge is 0.382 e. The first-order chi connectivity index (χ1) is 7.59. The molecular weight excluding hydrogens is 204 g/mol. The van der Waals surface area contributed by atoms with Crippen molar-refractivity contribution in [2.24, 2.45) is 5.92 Å². The Morgan fingerprint density at radius 3 is 2.75 bits per heavy atom. The second-order valence-corrected chi connectivity index (χ2v) is 4.56. The molecule has 0 radical (unpaired) electrons. The summed E-state index contributed by atoms with van der Waals surface area (Å²) in [5.74, 6) is 0.774. The normalized spacial score (nSPS) is 17.9. The molecule has 0 saturated heterocycles. The van der Waals surface area contributed by atoms with Gasteiger partial charge < -0.3 is 11.1 Å². The Balaban J connectivity index is 2.02. The second-order valence-electron chi connectivity index (χ2n) is 4.56. The smallest absolute Gasteiger partial charge is 0.257 e. The van der Waals surface area contributed by atoms with Crippen LogP contribution in [0.1, 0.15) is 42.2 Å². The summed E-state index contributed by atoms with van der Waals surface area (Å²) in [5.41, 5.74) is 6.83. The fourth-order valence-electron chi connectivity index (χ4n) is 2.07. The van der Waals surface area contributed by atoms with Crippen LogP contribution in [0.5, 0.6) is 0 Å². The lowest BCUT2D eigenvalue weighted by atomic mass is 9.80. The zero-order chi connectivity index (χ0) is 11.7. The van der Waals surface area contributed by atoms with Gasteiger partial charge in [-0.3, -0.25) is 9.89 Å². The lowest BCUT2D eigenvalue weighted by molar-refractivity contribution is 0.0909. The van der Waals surface area contributed by atoms with E-state index in [4.69, 9.17) is 5.73 Å². The summed E-state index contributed by atoms with van der Waals surface area (Å²) in [5, 5.41) is 9.51. The fourth-order valence-corrected chi connectivity index (χ4v) is 2.07. The number of aromatic nitrogens is 2. The number of nitrogen functional groups attached to an aromatic ring is 1. The predicted molar refractivity (Wildman–Crippen MR) is 62.0 cm³/mol. The van der Waals surface area contributed by atoms with Crippen molar-refractivity contribution in [1.82, 2.24) is 15.5 Å². The van der Waals surface area contributed by atoms with Gasteiger partial charge >= 0.3 is 0 Å². The predicted octanol–water partition coefficient (Wildman–Crippen LogP) is 1.22. The molecule has 1 fully saturated rings. The summed E-state index contributed by atoms with van der Waals surface area (Å²) in [6, 6.07) is 0.218. The highest BCUT2D eigenvalue weighted by molar-refractivity contribution is 5.99. The maximum absolute atomic E-state index is 12.0. The summed E-state index contributed by atoms with van der Waals surface area (Å²) in [7, 11) is 0. The van der Waals surface area contributed by atoms with Gasteiger partial charge in [0.1, 0.15) is 5.56 Å². The van der Waals surface area contributed by atoms with Crippen molar-refractivity contribution in [3.8, 4) is 0 Å². The molecule has 5 heteroatoms. The number of carbonyl (C=O) groups is 1. The van der Waals surface area contributed by atoms with E-state index in [9.17, 15) is 4.79 Å². The third-order valence-corrected chi connectivity index (χ3v) is 3.42. The van der Waals surface area contributed by atoms with Gasteiger partial charge in [0.2, 0.25) is 0 Å². The number of aryl methyl sites for hydroxylation is 1. The number of hydrogen-bond acceptors (Lipinski definition) is 3. The van der Waals surface area contributed by atoms with Crippen LogP contribution in [0.2, 0.25) is 0 Å². The lowest BCUT2D eigenvalue weighted by Gasteiger charge is -2.31. The van der Waals surface area contributed by atoms with Crippen molar-refractivity contribution in [3.63, 3.8) is 0 Å². The van der Waals surface area contributed by atoms with Gasteiger partial charge in [0.05, 0.1) is 0 Å². The fraction of sp³-hybridized carbons (Fsp3) is 0.636. The molecule has 88 valence electrons. The van der Waals surface area contributed by atoms with Crippen LogP contribution in [0.3, 0.4) is 0 Å². The maximum atomic E-state index is 12.0. The Morgan fingerprint density at radius 2 is 2.31 bits per heavy atom. The van der Waals surface area contributed by atoms with E-state index >= 15 is 0 Å². The minimum atomic E-state index is -0.122. The lowest BCUT2D eigenvalue weighted by Crippen LogP contribution is -2.41. The van der Waals surface area contributed by atoms with E-state index in [0.29, 0.717) is 11.5 Å². The van der Waals surface area contributed by atoms with Gasteiger partial charge in [-0.2, -0.15) is 5.10 Å². The molecule has 1 heterocycles. The monoisotopic (exact) mass is 222 g/mol. The molecule has 16 heavy (non-hydrogen) atoms. The number of nitrogens with zero attached hydrogens (tertiary/aromatic N) is 1. The van der Waals surface area contributed by atoms with E-state index in [0.717, 1.165) is 5.69 Å². The summed E-state index contributed by atoms with van der Waals surface area (Å²) in [4.78, 5) is 12.0. The molecule has 1 aromatic rings. The van der Waals surface area contributed by atoms with Crippen LogP contribution in [0.25, 0.3) is 0 Å². The number of anilines is 1. The van der Waals surface area contributed by atoms with E-state index in [-0.39, 0.29) is 17.8 Å². The molecule has 0 aromatic carbocycles. The zero-order valence-electron chi connectivity index (χ0n) is 9.71. The SMILES string of the molecule is Cc1[nH]nc(N)c1C(=O)NC(C)C1CCC1. The molecular formula is C11H18N4O. The molecule has 1 atom stereocenters. The Kier molecular flexibility index (Phi) is 2.85. The van der Waals surface area contributed by atoms with Gasteiger partial charge in [0, 0.05) is 11.7 Å². The van der Waals surface area contributed by atoms with E-state index in [1.165, 1.54) is 19.3 Å². The second kappa shape index (κ2) is 4.15. The average molecular weight is 222 g/mol. The molecule has 4 N–H and O–H groups in total. The van der Waals surface area contributed by atoms with E-state index in [1.54, 1.807) is 6.92 Å². The van der Waals surface area contributed by atoms with Crippen molar-refractivity contribution in [3.05, 3.63) is 11.3 Å². The Bertz CT molecular complexity index is 375. The van der Waals surface area contributed by atoms with Crippen molar-refractivity contribution in [1.29, 1.82) is 0 Å². The number of H-pyrrole nitrogens is 1. The number of nitrogens with two attached hydrogens (primary N) is 1. The van der Waals surface area contributed by atoms with Crippen molar-refractivity contribution in [2.75, 3.05) is 5.73 Å². The summed E-state index contributed by atoms with van der Waals surface area (Å²) < 4.78 is 0. The minimum absolute atomic E-state index is 0.122. The molecule has 1 aliphatic carbocycles. The highest BCUT2D eigenvalue weighted by atomic mass is 16.1. The molecule has 5 nitrogen and oxygen atoms in total. The number of aromatic amines is 1. The zero-order valence-corrected chi connectivity index (χ0v) is 9.71. The van der Waals surface area contributed by atoms with Gasteiger partial charge in [0.25, 0.3) is 5.91 Å². The first-order valence-corrected chi connectivity index (χ1v) is 5.71. The van der Waals surface area contributed by atoms with Crippen LogP contribution in [-0.4, -0.2) is 22.1 Å². The van der Waals surface area contributed by atoms with Crippen molar-refractivity contribution < 1.29 is 4.79 Å². The standard InChI is InChI=1S/C11H18N4O/c1-6(8-4-3-5-8)13-11(16)9-7(2)14-15-10(9)12/h6,8H,3-5H2,1-2H3,(H,13,16)(H3,12,14,15). The van der Waals surface area contributed by atoms with Gasteiger partial charge in [-0.15, -0.1) is 0 Å². The molecule has 1 unspecified atom stereocenters. The van der Waals surface area contributed by atoms with Gasteiger partial charge in [-0.1, -0.05) is 6.42 Å². The third-order valence-electron chi connectivity index (χ3n) is 3.42. The highest BCUT2D eigenvalue weighted by Gasteiger charge is 2.26. The molecule has 1 saturated carbocycles. The van der Waals surface area contributed by atoms with Crippen molar-refractivity contribution in [2.45, 2.75) is 39.2 Å². The number of hydrogen-bond donors (Lipinski definition) is 3. The van der Waals surface area contributed by atoms with E-state index in [2.05, 4.69) is 15.5 Å². The number of carbonyl (C=O) groups excluding carboxylic acids is 1. The molecule has 2 rings (SSSR count). The summed E-state index contributed by atoms with van der Waals surface area (Å²) in [6.07, 6.45) is 3.69. The Labute approximate surface area is 94.8 Å². The molecule has 0 bridgehead atoms. The first kappa shape index (κ1) is 11.0. The summed E-state index contributed by atoms with van der Waals surface area (Å²) in [6.45, 7) is 3.85. The number of nitrogens with one attached hydrogen (secondary N) is 2. The van der Waals surface area contributed by atoms with Gasteiger partial charge in [0.15, 0.2) is 5.82 Å². The molecule has 1 aliphatic rings. The van der Waals surface area contributed by atoms with Crippen LogP contribution in [0.4, 0.5) is 5.82 Å². The van der Waals surface area contributed by atoms with Crippen LogP contribution in [0.15, 0.2) is 0 Å². The topological polar surface area (TPSA) is 83.8 Å². The molecule has 0 spiro atoms. The van der Waals surface area contributed by atoms with Crippen LogP contribution in [-0.2, 0) is 0 Å². The minimum Gasteiger partial charge on any atom is -0.382 e. The van der Waals surface area contributed by atoms with E-state index < -0.39 is 0 Å². The quantitative estimate of drug-likeness (QED) is 0.719. The molecule has 1 aromatic heterocycles. The van der Waals surface area contributed by atoms with Crippen LogP contribution >= 0.6 is 0 Å². The number of rotatable bonds is 3. The Morgan fingerprint density at radius 1 is 1.62 bits per heavy atom. The van der Waals surface area contributed by atoms with Gasteiger partial charge in [-0.25, -0.2) is 0 Å². The Hall–Kier alpha value is -1.52. The number of amides is 1. The third kappa shape index (κ3) is 1.89. The molecule has 0 aliphatic heterocycles. The highest BCUT2D eigenvalue weighted by Crippen LogP contribution is 2.29. The van der Waals surface area contributed by atoms with E-state index in [1.807, 2.05) is 6.92 Å². The molecule has 1 amide bonds.